The van der Waals surface area contributed by atoms with Crippen LogP contribution in [0.25, 0.3) is 0 Å². The summed E-state index contributed by atoms with van der Waals surface area (Å²) in [7, 11) is 0. The molecule has 0 radical (unpaired) electrons. The van der Waals surface area contributed by atoms with E-state index in [0.29, 0.717) is 5.56 Å². The van der Waals surface area contributed by atoms with Crippen molar-refractivity contribution in [1.29, 1.82) is 0 Å². The van der Waals surface area contributed by atoms with E-state index in [0.717, 1.165) is 11.1 Å². The number of hydrogen-bond acceptors (Lipinski definition) is 4. The normalized spacial score (nSPS) is 13.2. The molecule has 0 spiro atoms. The second-order valence-corrected chi connectivity index (χ2v) is 8.69. The van der Waals surface area contributed by atoms with E-state index in [9.17, 15) is 19.8 Å². The summed E-state index contributed by atoms with van der Waals surface area (Å²) in [6, 6.07) is 3.16. The van der Waals surface area contributed by atoms with E-state index in [4.69, 9.17) is 5.73 Å². The number of carbonyl (C=O) groups is 2. The fourth-order valence-corrected chi connectivity index (χ4v) is 3.10. The van der Waals surface area contributed by atoms with Crippen LogP contribution in [0, 0.1) is 13.8 Å². The van der Waals surface area contributed by atoms with Crippen molar-refractivity contribution in [3.63, 3.8) is 0 Å². The van der Waals surface area contributed by atoms with Crippen LogP contribution >= 0.6 is 0 Å². The number of phenols is 1. The molecule has 1 atom stereocenters. The largest absolute Gasteiger partial charge is 0.508 e. The van der Waals surface area contributed by atoms with E-state index < -0.39 is 23.1 Å². The first-order valence-electron chi connectivity index (χ1n) is 9.02. The van der Waals surface area contributed by atoms with E-state index in [1.165, 1.54) is 4.90 Å². The van der Waals surface area contributed by atoms with Gasteiger partial charge in [-0.15, -0.1) is 0 Å². The molecular formula is C20H33N3O4. The number of nitrogens with one attached hydrogen (secondary N) is 1. The Morgan fingerprint density at radius 2 is 1.63 bits per heavy atom. The van der Waals surface area contributed by atoms with Gasteiger partial charge in [-0.05, 0) is 77.3 Å². The van der Waals surface area contributed by atoms with E-state index in [1.807, 2.05) is 13.8 Å². The first-order valence-corrected chi connectivity index (χ1v) is 9.02. The lowest BCUT2D eigenvalue weighted by atomic mass is 9.87. The molecule has 0 heterocycles. The zero-order valence-corrected chi connectivity index (χ0v) is 17.4. The summed E-state index contributed by atoms with van der Waals surface area (Å²) in [4.78, 5) is 26.2. The number of nitrogens with zero attached hydrogens (tertiary/aromatic N) is 1. The van der Waals surface area contributed by atoms with Crippen LogP contribution in [0.5, 0.6) is 5.75 Å². The summed E-state index contributed by atoms with van der Waals surface area (Å²) in [5, 5.41) is 22.4. The molecule has 2 amide bonds. The minimum absolute atomic E-state index is 0.00221. The van der Waals surface area contributed by atoms with Gasteiger partial charge in [-0.3, -0.25) is 4.79 Å². The number of hydrogen-bond donors (Lipinski definition) is 4. The highest BCUT2D eigenvalue weighted by Gasteiger charge is 2.35. The summed E-state index contributed by atoms with van der Waals surface area (Å²) in [6.07, 6.45) is -1.09. The van der Waals surface area contributed by atoms with Crippen molar-refractivity contribution in [3.05, 3.63) is 28.8 Å². The Balaban J connectivity index is 3.45. The predicted molar refractivity (Wildman–Crippen MR) is 106 cm³/mol. The Labute approximate surface area is 161 Å². The first-order chi connectivity index (χ1) is 12.2. The molecule has 7 nitrogen and oxygen atoms in total. The van der Waals surface area contributed by atoms with Crippen LogP contribution in [0.2, 0.25) is 0 Å². The van der Waals surface area contributed by atoms with Gasteiger partial charge in [-0.2, -0.15) is 0 Å². The Hall–Kier alpha value is -2.28. The molecule has 152 valence electrons. The smallest absolute Gasteiger partial charge is 0.407 e. The van der Waals surface area contributed by atoms with Crippen molar-refractivity contribution in [2.45, 2.75) is 65.5 Å². The molecule has 27 heavy (non-hydrogen) atoms. The van der Waals surface area contributed by atoms with Crippen molar-refractivity contribution in [3.8, 4) is 5.75 Å². The summed E-state index contributed by atoms with van der Waals surface area (Å²) in [6.45, 7) is 12.9. The molecule has 0 saturated heterocycles. The average Bonchev–Trinajstić information content (AvgIpc) is 2.47. The van der Waals surface area contributed by atoms with Gasteiger partial charge in [0, 0.05) is 24.2 Å². The number of carboxylic acid groups (broad SMARTS) is 1. The molecule has 0 aliphatic rings. The van der Waals surface area contributed by atoms with E-state index in [1.54, 1.807) is 46.8 Å². The van der Waals surface area contributed by atoms with Crippen LogP contribution in [0.15, 0.2) is 12.1 Å². The minimum Gasteiger partial charge on any atom is -0.508 e. The zero-order chi connectivity index (χ0) is 21.2. The maximum atomic E-state index is 13.1. The molecule has 1 unspecified atom stereocenters. The van der Waals surface area contributed by atoms with Crippen LogP contribution in [0.3, 0.4) is 0 Å². The highest BCUT2D eigenvalue weighted by molar-refractivity contribution is 5.86. The van der Waals surface area contributed by atoms with Gasteiger partial charge in [-0.1, -0.05) is 0 Å². The number of nitrogens with two attached hydrogens (primary N) is 1. The van der Waals surface area contributed by atoms with Gasteiger partial charge in [0.1, 0.15) is 5.75 Å². The molecule has 0 aromatic heterocycles. The van der Waals surface area contributed by atoms with Crippen molar-refractivity contribution >= 4 is 12.0 Å². The van der Waals surface area contributed by atoms with E-state index in [2.05, 4.69) is 5.32 Å². The quantitative estimate of drug-likeness (QED) is 0.606. The molecular weight excluding hydrogens is 346 g/mol. The van der Waals surface area contributed by atoms with Crippen LogP contribution in [-0.4, -0.2) is 51.3 Å². The van der Waals surface area contributed by atoms with Gasteiger partial charge in [0.25, 0.3) is 0 Å². The van der Waals surface area contributed by atoms with Gasteiger partial charge in [-0.25, -0.2) is 4.79 Å². The van der Waals surface area contributed by atoms with Crippen LogP contribution in [-0.2, 0) is 4.79 Å². The van der Waals surface area contributed by atoms with Gasteiger partial charge < -0.3 is 26.2 Å². The van der Waals surface area contributed by atoms with E-state index >= 15 is 0 Å². The number of benzene rings is 1. The average molecular weight is 380 g/mol. The van der Waals surface area contributed by atoms with E-state index in [-0.39, 0.29) is 24.7 Å². The molecule has 1 aromatic carbocycles. The third kappa shape index (κ3) is 5.85. The third-order valence-corrected chi connectivity index (χ3v) is 4.62. The third-order valence-electron chi connectivity index (χ3n) is 4.62. The summed E-state index contributed by atoms with van der Waals surface area (Å²) < 4.78 is 0. The molecule has 1 aromatic rings. The Kier molecular flexibility index (Phi) is 6.88. The lowest BCUT2D eigenvalue weighted by Crippen LogP contribution is -2.54. The topological polar surface area (TPSA) is 116 Å². The van der Waals surface area contributed by atoms with Crippen molar-refractivity contribution in [1.82, 2.24) is 10.2 Å². The number of rotatable bonds is 6. The molecule has 1 rings (SSSR count). The number of aryl methyl sites for hydroxylation is 2. The second kappa shape index (κ2) is 8.17. The second-order valence-electron chi connectivity index (χ2n) is 8.69. The van der Waals surface area contributed by atoms with Crippen molar-refractivity contribution in [2.75, 3.05) is 13.1 Å². The lowest BCUT2D eigenvalue weighted by Gasteiger charge is -2.37. The monoisotopic (exact) mass is 379 g/mol. The maximum Gasteiger partial charge on any atom is 0.407 e. The molecule has 7 heteroatoms. The van der Waals surface area contributed by atoms with Gasteiger partial charge in [0.2, 0.25) is 5.91 Å². The summed E-state index contributed by atoms with van der Waals surface area (Å²) >= 11 is 0. The van der Waals surface area contributed by atoms with Gasteiger partial charge >= 0.3 is 6.09 Å². The maximum absolute atomic E-state index is 13.1. The van der Waals surface area contributed by atoms with Crippen LogP contribution < -0.4 is 11.1 Å². The predicted octanol–water partition coefficient (Wildman–Crippen LogP) is 2.72. The van der Waals surface area contributed by atoms with Gasteiger partial charge in [0.05, 0.1) is 5.92 Å². The molecule has 0 aliphatic carbocycles. The van der Waals surface area contributed by atoms with Crippen LogP contribution in [0.4, 0.5) is 4.79 Å². The zero-order valence-electron chi connectivity index (χ0n) is 17.4. The fourth-order valence-electron chi connectivity index (χ4n) is 3.10. The molecule has 0 aliphatic heterocycles. The molecule has 0 bridgehead atoms. The van der Waals surface area contributed by atoms with Crippen LogP contribution in [0.1, 0.15) is 57.2 Å². The number of carbonyl (C=O) groups excluding carboxylic acids is 1. The fraction of sp³-hybridized carbons (Fsp3) is 0.600. The highest BCUT2D eigenvalue weighted by Crippen LogP contribution is 2.31. The highest BCUT2D eigenvalue weighted by atomic mass is 16.4. The number of aromatic hydroxyl groups is 1. The summed E-state index contributed by atoms with van der Waals surface area (Å²) in [5.41, 5.74) is 6.63. The van der Waals surface area contributed by atoms with Crippen molar-refractivity contribution < 1.29 is 19.8 Å². The lowest BCUT2D eigenvalue weighted by molar-refractivity contribution is -0.124. The Morgan fingerprint density at radius 3 is 2.00 bits per heavy atom. The number of amides is 2. The molecule has 0 saturated carbocycles. The minimum atomic E-state index is -1.09. The molecule has 5 N–H and O–H groups in total. The molecule has 0 fully saturated rings. The van der Waals surface area contributed by atoms with Crippen molar-refractivity contribution in [2.24, 2.45) is 5.73 Å². The SMILES string of the molecule is Cc1cc(O)cc(C)c1C(CN(C(=O)O)C(C)(C)C)C(=O)NC(C)(C)CN. The first kappa shape index (κ1) is 22.8. The Morgan fingerprint density at radius 1 is 1.15 bits per heavy atom. The Bertz CT molecular complexity index is 685. The number of phenolic OH excluding ortho intramolecular Hbond substituents is 1. The standard InChI is InChI=1S/C20H33N3O4/c1-12-8-14(24)9-13(2)16(12)15(17(25)22-20(6,7)11-21)10-23(18(26)27)19(3,4)5/h8-9,15,24H,10-11,21H2,1-7H3,(H,22,25)(H,26,27). The van der Waals surface area contributed by atoms with Gasteiger partial charge in [0.15, 0.2) is 0 Å². The summed E-state index contributed by atoms with van der Waals surface area (Å²) in [5.74, 6) is -0.911.